The Morgan fingerprint density at radius 1 is 1.30 bits per heavy atom. The van der Waals surface area contributed by atoms with Gasteiger partial charge in [-0.15, -0.1) is 0 Å². The van der Waals surface area contributed by atoms with Gasteiger partial charge in [0, 0.05) is 53.9 Å². The van der Waals surface area contributed by atoms with E-state index in [9.17, 15) is 4.79 Å². The van der Waals surface area contributed by atoms with Crippen LogP contribution in [-0.2, 0) is 0 Å². The third-order valence-corrected chi connectivity index (χ3v) is 3.70. The van der Waals surface area contributed by atoms with E-state index in [1.54, 1.807) is 29.3 Å². The molecule has 0 radical (unpaired) electrons. The number of rotatable bonds is 1. The average Bonchev–Trinajstić information content (AvgIpc) is 2.47. The quantitative estimate of drug-likeness (QED) is 0.781. The molecule has 2 heterocycles. The predicted octanol–water partition coefficient (Wildman–Crippen LogP) is 1.52. The number of benzene rings is 1. The van der Waals surface area contributed by atoms with Gasteiger partial charge in [-0.1, -0.05) is 11.6 Å². The van der Waals surface area contributed by atoms with E-state index in [-0.39, 0.29) is 5.91 Å². The number of hydrogen-bond acceptors (Lipinski definition) is 4. The maximum Gasteiger partial charge on any atom is 0.273 e. The van der Waals surface area contributed by atoms with Crippen LogP contribution in [-0.4, -0.2) is 42.0 Å². The van der Waals surface area contributed by atoms with Crippen LogP contribution < -0.4 is 11.1 Å². The van der Waals surface area contributed by atoms with E-state index in [0.29, 0.717) is 34.9 Å². The Hall–Kier alpha value is -1.85. The van der Waals surface area contributed by atoms with Gasteiger partial charge in [0.15, 0.2) is 0 Å². The second-order valence-electron chi connectivity index (χ2n) is 4.79. The highest BCUT2D eigenvalue weighted by molar-refractivity contribution is 6.32. The number of nitrogens with zero attached hydrogens (tertiary/aromatic N) is 2. The van der Waals surface area contributed by atoms with Crippen LogP contribution in [0.4, 0.5) is 5.69 Å². The fraction of sp³-hybridized carbons (Fsp3) is 0.286. The van der Waals surface area contributed by atoms with Crippen molar-refractivity contribution < 1.29 is 4.79 Å². The van der Waals surface area contributed by atoms with Crippen molar-refractivity contribution >= 4 is 34.0 Å². The molecule has 0 bridgehead atoms. The summed E-state index contributed by atoms with van der Waals surface area (Å²) in [6, 6.07) is 5.23. The zero-order valence-electron chi connectivity index (χ0n) is 10.9. The average molecular weight is 291 g/mol. The Bertz CT molecular complexity index is 668. The molecule has 1 aromatic heterocycles. The van der Waals surface area contributed by atoms with Gasteiger partial charge in [-0.05, 0) is 18.2 Å². The van der Waals surface area contributed by atoms with Crippen molar-refractivity contribution in [2.45, 2.75) is 0 Å². The maximum absolute atomic E-state index is 12.6. The van der Waals surface area contributed by atoms with Crippen LogP contribution in [0.2, 0.25) is 5.02 Å². The number of carbonyl (C=O) groups excluding carboxylic acids is 1. The van der Waals surface area contributed by atoms with E-state index < -0.39 is 0 Å². The topological polar surface area (TPSA) is 71.2 Å². The minimum atomic E-state index is -0.0706. The Balaban J connectivity index is 2.08. The lowest BCUT2D eigenvalue weighted by atomic mass is 10.1. The summed E-state index contributed by atoms with van der Waals surface area (Å²) in [5.41, 5.74) is 6.93. The standard InChI is InChI=1S/C14H15ClN4O/c15-9-7-11-10(12(16)8-9)1-2-18-13(11)14(20)19-5-3-17-4-6-19/h1-2,7-8,17H,3-6,16H2. The Morgan fingerprint density at radius 2 is 2.05 bits per heavy atom. The molecule has 1 amide bonds. The number of aromatic nitrogens is 1. The van der Waals surface area contributed by atoms with Crippen LogP contribution >= 0.6 is 11.6 Å². The van der Waals surface area contributed by atoms with E-state index >= 15 is 0 Å². The van der Waals surface area contributed by atoms with Crippen LogP contribution in [0, 0.1) is 0 Å². The first-order valence-electron chi connectivity index (χ1n) is 6.50. The first kappa shape index (κ1) is 13.1. The summed E-state index contributed by atoms with van der Waals surface area (Å²) in [4.78, 5) is 18.6. The van der Waals surface area contributed by atoms with Gasteiger partial charge in [0.25, 0.3) is 5.91 Å². The van der Waals surface area contributed by atoms with Gasteiger partial charge in [0.1, 0.15) is 5.69 Å². The first-order valence-corrected chi connectivity index (χ1v) is 6.88. The van der Waals surface area contributed by atoms with Crippen molar-refractivity contribution in [1.29, 1.82) is 0 Å². The van der Waals surface area contributed by atoms with E-state index in [0.717, 1.165) is 18.5 Å². The molecule has 0 unspecified atom stereocenters. The molecule has 3 rings (SSSR count). The lowest BCUT2D eigenvalue weighted by Crippen LogP contribution is -2.46. The molecule has 1 aliphatic heterocycles. The minimum absolute atomic E-state index is 0.0706. The minimum Gasteiger partial charge on any atom is -0.398 e. The van der Waals surface area contributed by atoms with Crippen molar-refractivity contribution in [2.24, 2.45) is 0 Å². The van der Waals surface area contributed by atoms with Gasteiger partial charge in [-0.3, -0.25) is 9.78 Å². The highest BCUT2D eigenvalue weighted by Crippen LogP contribution is 2.28. The summed E-state index contributed by atoms with van der Waals surface area (Å²) in [5.74, 6) is -0.0706. The van der Waals surface area contributed by atoms with Crippen LogP contribution in [0.1, 0.15) is 10.5 Å². The number of pyridine rings is 1. The molecule has 20 heavy (non-hydrogen) atoms. The fourth-order valence-electron chi connectivity index (χ4n) is 2.47. The molecule has 1 saturated heterocycles. The number of nitrogens with one attached hydrogen (secondary N) is 1. The summed E-state index contributed by atoms with van der Waals surface area (Å²) in [7, 11) is 0. The molecular weight excluding hydrogens is 276 g/mol. The molecule has 2 aromatic rings. The van der Waals surface area contributed by atoms with Crippen molar-refractivity contribution in [3.8, 4) is 0 Å². The lowest BCUT2D eigenvalue weighted by Gasteiger charge is -2.27. The molecule has 3 N–H and O–H groups in total. The number of carbonyl (C=O) groups is 1. The van der Waals surface area contributed by atoms with Gasteiger partial charge in [-0.2, -0.15) is 0 Å². The van der Waals surface area contributed by atoms with E-state index in [1.807, 2.05) is 0 Å². The van der Waals surface area contributed by atoms with Crippen molar-refractivity contribution in [3.63, 3.8) is 0 Å². The maximum atomic E-state index is 12.6. The smallest absolute Gasteiger partial charge is 0.273 e. The van der Waals surface area contributed by atoms with Crippen LogP contribution in [0.15, 0.2) is 24.4 Å². The SMILES string of the molecule is Nc1cc(Cl)cc2c(C(=O)N3CCNCC3)nccc12. The van der Waals surface area contributed by atoms with Crippen molar-refractivity contribution in [2.75, 3.05) is 31.9 Å². The van der Waals surface area contributed by atoms with Crippen LogP contribution in [0.25, 0.3) is 10.8 Å². The van der Waals surface area contributed by atoms with Gasteiger partial charge < -0.3 is 16.0 Å². The highest BCUT2D eigenvalue weighted by Gasteiger charge is 2.21. The number of halogens is 1. The lowest BCUT2D eigenvalue weighted by molar-refractivity contribution is 0.0732. The van der Waals surface area contributed by atoms with Crippen molar-refractivity contribution in [3.05, 3.63) is 35.1 Å². The van der Waals surface area contributed by atoms with Crippen molar-refractivity contribution in [1.82, 2.24) is 15.2 Å². The third-order valence-electron chi connectivity index (χ3n) is 3.48. The number of nitrogen functional groups attached to an aromatic ring is 1. The van der Waals surface area contributed by atoms with Gasteiger partial charge in [0.2, 0.25) is 0 Å². The zero-order valence-corrected chi connectivity index (χ0v) is 11.7. The van der Waals surface area contributed by atoms with Gasteiger partial charge in [0.05, 0.1) is 0 Å². The highest BCUT2D eigenvalue weighted by atomic mass is 35.5. The van der Waals surface area contributed by atoms with Gasteiger partial charge >= 0.3 is 0 Å². The summed E-state index contributed by atoms with van der Waals surface area (Å²) in [6.45, 7) is 2.98. The third kappa shape index (κ3) is 2.30. The summed E-state index contributed by atoms with van der Waals surface area (Å²) in [6.07, 6.45) is 1.61. The number of fused-ring (bicyclic) bond motifs is 1. The number of amides is 1. The largest absolute Gasteiger partial charge is 0.398 e. The monoisotopic (exact) mass is 290 g/mol. The number of hydrogen-bond donors (Lipinski definition) is 2. The van der Waals surface area contributed by atoms with Crippen LogP contribution in [0.3, 0.4) is 0 Å². The molecule has 1 fully saturated rings. The molecule has 1 aromatic carbocycles. The Kier molecular flexibility index (Phi) is 3.46. The molecule has 1 aliphatic rings. The van der Waals surface area contributed by atoms with E-state index in [4.69, 9.17) is 17.3 Å². The summed E-state index contributed by atoms with van der Waals surface area (Å²) in [5, 5.41) is 5.25. The van der Waals surface area contributed by atoms with E-state index in [2.05, 4.69) is 10.3 Å². The first-order chi connectivity index (χ1) is 9.66. The number of piperazine rings is 1. The Labute approximate surface area is 121 Å². The fourth-order valence-corrected chi connectivity index (χ4v) is 2.69. The Morgan fingerprint density at radius 3 is 2.80 bits per heavy atom. The zero-order chi connectivity index (χ0) is 14.1. The molecule has 5 nitrogen and oxygen atoms in total. The van der Waals surface area contributed by atoms with Gasteiger partial charge in [-0.25, -0.2) is 0 Å². The molecule has 0 aliphatic carbocycles. The number of nitrogens with two attached hydrogens (primary N) is 1. The predicted molar refractivity (Wildman–Crippen MR) is 79.9 cm³/mol. The van der Waals surface area contributed by atoms with Crippen LogP contribution in [0.5, 0.6) is 0 Å². The normalized spacial score (nSPS) is 15.6. The molecule has 104 valence electrons. The second kappa shape index (κ2) is 5.26. The molecule has 0 spiro atoms. The molecule has 6 heteroatoms. The second-order valence-corrected chi connectivity index (χ2v) is 5.23. The van der Waals surface area contributed by atoms with E-state index in [1.165, 1.54) is 0 Å². The number of anilines is 1. The molecule has 0 atom stereocenters. The summed E-state index contributed by atoms with van der Waals surface area (Å²) >= 11 is 6.04. The molecular formula is C14H15ClN4O. The molecule has 0 saturated carbocycles. The summed E-state index contributed by atoms with van der Waals surface area (Å²) < 4.78 is 0.